The number of hydrogen-bond donors (Lipinski definition) is 1. The third-order valence-corrected chi connectivity index (χ3v) is 6.37. The lowest BCUT2D eigenvalue weighted by atomic mass is 10.2. The normalized spacial score (nSPS) is 10.7. The van der Waals surface area contributed by atoms with Crippen LogP contribution in [0.2, 0.25) is 5.02 Å². The van der Waals surface area contributed by atoms with Crippen molar-refractivity contribution in [1.29, 1.82) is 0 Å². The summed E-state index contributed by atoms with van der Waals surface area (Å²) in [4.78, 5) is 12.7. The molecule has 35 heavy (non-hydrogen) atoms. The second-order valence-electron chi connectivity index (χ2n) is 7.83. The summed E-state index contributed by atoms with van der Waals surface area (Å²) in [7, 11) is 1.61. The molecule has 180 valence electrons. The zero-order valence-electron chi connectivity index (χ0n) is 19.6. The van der Waals surface area contributed by atoms with Gasteiger partial charge >= 0.3 is 0 Å². The molecule has 9 heteroatoms. The molecule has 1 heterocycles. The van der Waals surface area contributed by atoms with E-state index in [0.717, 1.165) is 22.6 Å². The lowest BCUT2D eigenvalue weighted by Gasteiger charge is -2.14. The number of para-hydroxylation sites is 2. The number of hydrogen-bond acceptors (Lipinski definition) is 6. The van der Waals surface area contributed by atoms with Crippen molar-refractivity contribution in [1.82, 2.24) is 14.8 Å². The SMILES string of the molecule is COc1ccccc1-n1c(COc2cccc(C)c2)nnc1SCC(=O)Nc1cc(C)ccc1Cl. The molecule has 0 atom stereocenters. The van der Waals surface area contributed by atoms with E-state index in [1.54, 1.807) is 13.2 Å². The van der Waals surface area contributed by atoms with Gasteiger partial charge in [-0.3, -0.25) is 9.36 Å². The molecule has 0 aliphatic rings. The van der Waals surface area contributed by atoms with Gasteiger partial charge in [-0.15, -0.1) is 10.2 Å². The summed E-state index contributed by atoms with van der Waals surface area (Å²) in [6, 6.07) is 20.9. The highest BCUT2D eigenvalue weighted by Crippen LogP contribution is 2.30. The summed E-state index contributed by atoms with van der Waals surface area (Å²) >= 11 is 7.49. The minimum absolute atomic E-state index is 0.121. The van der Waals surface area contributed by atoms with Crippen LogP contribution in [0.25, 0.3) is 5.69 Å². The van der Waals surface area contributed by atoms with Gasteiger partial charge in [0.1, 0.15) is 18.1 Å². The molecular weight excluding hydrogens is 484 g/mol. The highest BCUT2D eigenvalue weighted by atomic mass is 35.5. The number of anilines is 1. The van der Waals surface area contributed by atoms with Crippen molar-refractivity contribution >= 4 is 35.0 Å². The maximum Gasteiger partial charge on any atom is 0.234 e. The first-order valence-electron chi connectivity index (χ1n) is 10.9. The van der Waals surface area contributed by atoms with Gasteiger partial charge in [0, 0.05) is 0 Å². The average Bonchev–Trinajstić information content (AvgIpc) is 3.26. The molecule has 0 spiro atoms. The zero-order valence-corrected chi connectivity index (χ0v) is 21.2. The van der Waals surface area contributed by atoms with Gasteiger partial charge in [0.05, 0.1) is 29.3 Å². The molecule has 1 amide bonds. The molecule has 4 aromatic rings. The average molecular weight is 509 g/mol. The third-order valence-electron chi connectivity index (χ3n) is 5.11. The summed E-state index contributed by atoms with van der Waals surface area (Å²) in [6.45, 7) is 4.14. The predicted molar refractivity (Wildman–Crippen MR) is 139 cm³/mol. The molecule has 0 aliphatic carbocycles. The van der Waals surface area contributed by atoms with E-state index in [4.69, 9.17) is 21.1 Å². The topological polar surface area (TPSA) is 78.3 Å². The van der Waals surface area contributed by atoms with Gasteiger partial charge in [0.15, 0.2) is 11.0 Å². The van der Waals surface area contributed by atoms with E-state index in [9.17, 15) is 4.79 Å². The van der Waals surface area contributed by atoms with Crippen LogP contribution in [0.15, 0.2) is 71.9 Å². The molecule has 1 N–H and O–H groups in total. The number of rotatable bonds is 9. The molecular formula is C26H25ClN4O3S. The van der Waals surface area contributed by atoms with Crippen LogP contribution in [0, 0.1) is 13.8 Å². The molecule has 0 radical (unpaired) electrons. The van der Waals surface area contributed by atoms with Gasteiger partial charge in [0.25, 0.3) is 0 Å². The van der Waals surface area contributed by atoms with Crippen LogP contribution < -0.4 is 14.8 Å². The van der Waals surface area contributed by atoms with Crippen LogP contribution in [0.1, 0.15) is 17.0 Å². The van der Waals surface area contributed by atoms with Gasteiger partial charge in [-0.2, -0.15) is 0 Å². The lowest BCUT2D eigenvalue weighted by Crippen LogP contribution is -2.15. The Kier molecular flexibility index (Phi) is 7.94. The second-order valence-corrected chi connectivity index (χ2v) is 9.18. The van der Waals surface area contributed by atoms with Crippen molar-refractivity contribution in [3.05, 3.63) is 88.7 Å². The van der Waals surface area contributed by atoms with E-state index in [-0.39, 0.29) is 18.3 Å². The number of carbonyl (C=O) groups excluding carboxylic acids is 1. The minimum Gasteiger partial charge on any atom is -0.495 e. The smallest absolute Gasteiger partial charge is 0.234 e. The molecule has 0 aliphatic heterocycles. The minimum atomic E-state index is -0.199. The number of amides is 1. The number of halogens is 1. The Morgan fingerprint density at radius 1 is 1.03 bits per heavy atom. The van der Waals surface area contributed by atoms with Gasteiger partial charge in [-0.05, 0) is 61.4 Å². The van der Waals surface area contributed by atoms with Crippen LogP contribution in [-0.2, 0) is 11.4 Å². The Morgan fingerprint density at radius 3 is 2.63 bits per heavy atom. The molecule has 7 nitrogen and oxygen atoms in total. The van der Waals surface area contributed by atoms with E-state index in [2.05, 4.69) is 15.5 Å². The summed E-state index contributed by atoms with van der Waals surface area (Å²) in [6.07, 6.45) is 0. The van der Waals surface area contributed by atoms with E-state index >= 15 is 0 Å². The van der Waals surface area contributed by atoms with Crippen molar-refractivity contribution in [2.24, 2.45) is 0 Å². The highest BCUT2D eigenvalue weighted by Gasteiger charge is 2.19. The quantitative estimate of drug-likeness (QED) is 0.285. The van der Waals surface area contributed by atoms with Crippen LogP contribution in [-0.4, -0.2) is 33.5 Å². The maximum absolute atomic E-state index is 12.7. The first kappa shape index (κ1) is 24.6. The lowest BCUT2D eigenvalue weighted by molar-refractivity contribution is -0.113. The first-order valence-corrected chi connectivity index (χ1v) is 12.3. The number of nitrogens with zero attached hydrogens (tertiary/aromatic N) is 3. The zero-order chi connectivity index (χ0) is 24.8. The fourth-order valence-electron chi connectivity index (χ4n) is 3.45. The molecule has 4 rings (SSSR count). The Balaban J connectivity index is 1.56. The van der Waals surface area contributed by atoms with Crippen molar-refractivity contribution < 1.29 is 14.3 Å². The molecule has 0 unspecified atom stereocenters. The van der Waals surface area contributed by atoms with Crippen LogP contribution >= 0.6 is 23.4 Å². The van der Waals surface area contributed by atoms with Crippen molar-refractivity contribution in [2.75, 3.05) is 18.2 Å². The number of thioether (sulfide) groups is 1. The summed E-state index contributed by atoms with van der Waals surface area (Å²) in [5, 5.41) is 12.6. The molecule has 0 fully saturated rings. The van der Waals surface area contributed by atoms with Crippen molar-refractivity contribution in [3.8, 4) is 17.2 Å². The van der Waals surface area contributed by atoms with Gasteiger partial charge < -0.3 is 14.8 Å². The van der Waals surface area contributed by atoms with Crippen molar-refractivity contribution in [3.63, 3.8) is 0 Å². The Labute approximate surface area is 213 Å². The Bertz CT molecular complexity index is 1340. The van der Waals surface area contributed by atoms with Gasteiger partial charge in [-0.25, -0.2) is 0 Å². The highest BCUT2D eigenvalue weighted by molar-refractivity contribution is 7.99. The molecule has 1 aromatic heterocycles. The number of methoxy groups -OCH3 is 1. The number of nitrogens with one attached hydrogen (secondary N) is 1. The molecule has 0 bridgehead atoms. The monoisotopic (exact) mass is 508 g/mol. The number of carbonyl (C=O) groups is 1. The fraction of sp³-hybridized carbons (Fsp3) is 0.192. The third kappa shape index (κ3) is 6.15. The molecule has 3 aromatic carbocycles. The Hall–Kier alpha value is -3.49. The standard InChI is InChI=1S/C26H25ClN4O3S/c1-17-7-6-8-19(13-17)34-15-24-29-30-26(31(24)22-9-4-5-10-23(22)33-3)35-16-25(32)28-21-14-18(2)11-12-20(21)27/h4-14H,15-16H2,1-3H3,(H,28,32). The largest absolute Gasteiger partial charge is 0.495 e. The van der Waals surface area contributed by atoms with Crippen LogP contribution in [0.4, 0.5) is 5.69 Å². The van der Waals surface area contributed by atoms with E-state index < -0.39 is 0 Å². The molecule has 0 saturated heterocycles. The van der Waals surface area contributed by atoms with Crippen LogP contribution in [0.3, 0.4) is 0 Å². The fourth-order valence-corrected chi connectivity index (χ4v) is 4.38. The maximum atomic E-state index is 12.7. The first-order chi connectivity index (χ1) is 16.9. The van der Waals surface area contributed by atoms with Gasteiger partial charge in [-0.1, -0.05) is 53.7 Å². The summed E-state index contributed by atoms with van der Waals surface area (Å²) < 4.78 is 13.4. The van der Waals surface area contributed by atoms with Crippen LogP contribution in [0.5, 0.6) is 11.5 Å². The Morgan fingerprint density at radius 2 is 1.83 bits per heavy atom. The van der Waals surface area contributed by atoms with E-state index in [0.29, 0.717) is 27.4 Å². The summed E-state index contributed by atoms with van der Waals surface area (Å²) in [5.74, 6) is 1.90. The van der Waals surface area contributed by atoms with E-state index in [1.807, 2.05) is 79.1 Å². The number of benzene rings is 3. The number of aromatic nitrogens is 3. The number of aryl methyl sites for hydroxylation is 2. The second kappa shape index (κ2) is 11.3. The van der Waals surface area contributed by atoms with E-state index in [1.165, 1.54) is 11.8 Å². The van der Waals surface area contributed by atoms with Gasteiger partial charge in [0.2, 0.25) is 5.91 Å². The van der Waals surface area contributed by atoms with Crippen molar-refractivity contribution in [2.45, 2.75) is 25.6 Å². The number of ether oxygens (including phenoxy) is 2. The predicted octanol–water partition coefficient (Wildman–Crippen LogP) is 5.86. The molecule has 0 saturated carbocycles. The summed E-state index contributed by atoms with van der Waals surface area (Å²) in [5.41, 5.74) is 3.44.